The van der Waals surface area contributed by atoms with Crippen molar-refractivity contribution in [3.05, 3.63) is 47.3 Å². The molecule has 0 aliphatic heterocycles. The highest BCUT2D eigenvalue weighted by molar-refractivity contribution is 7.91. The third-order valence-corrected chi connectivity index (χ3v) is 5.48. The van der Waals surface area contributed by atoms with Gasteiger partial charge in [0.05, 0.1) is 4.90 Å². The maximum atomic E-state index is 14.0. The van der Waals surface area contributed by atoms with Crippen LogP contribution in [0.5, 0.6) is 17.2 Å². The van der Waals surface area contributed by atoms with Crippen molar-refractivity contribution in [3.63, 3.8) is 0 Å². The number of rotatable bonds is 4. The zero-order valence-corrected chi connectivity index (χ0v) is 14.0. The summed E-state index contributed by atoms with van der Waals surface area (Å²) < 4.78 is 95.6. The van der Waals surface area contributed by atoms with E-state index in [0.29, 0.717) is 6.07 Å². The van der Waals surface area contributed by atoms with Crippen LogP contribution in [0.3, 0.4) is 0 Å². The van der Waals surface area contributed by atoms with Crippen LogP contribution in [0, 0.1) is 5.82 Å². The molecule has 2 aromatic rings. The molecule has 1 aliphatic carbocycles. The molecule has 0 heterocycles. The van der Waals surface area contributed by atoms with Crippen LogP contribution in [-0.4, -0.2) is 30.3 Å². The molecule has 2 aromatic carbocycles. The Labute approximate surface area is 149 Å². The quantitative estimate of drug-likeness (QED) is 0.754. The smallest absolute Gasteiger partial charge is 0.341 e. The number of alkyl halides is 4. The molecular formula is C16H11F5O5S. The predicted molar refractivity (Wildman–Crippen MR) is 81.4 cm³/mol. The molecule has 2 N–H and O–H groups in total. The van der Waals surface area contributed by atoms with E-state index in [-0.39, 0.29) is 11.5 Å². The number of fused-ring (bicyclic) bond motifs is 1. The number of aromatic hydroxyl groups is 1. The molecular weight excluding hydrogens is 399 g/mol. The molecule has 0 aromatic heterocycles. The minimum atomic E-state index is -5.26. The Kier molecular flexibility index (Phi) is 4.55. The van der Waals surface area contributed by atoms with E-state index in [2.05, 4.69) is 0 Å². The maximum Gasteiger partial charge on any atom is 0.341 e. The fraction of sp³-hybridized carbons (Fsp3) is 0.250. The highest BCUT2D eigenvalue weighted by atomic mass is 32.2. The third kappa shape index (κ3) is 3.21. The first-order valence-electron chi connectivity index (χ1n) is 7.35. The zero-order valence-electron chi connectivity index (χ0n) is 13.2. The number of halogens is 5. The second-order valence-corrected chi connectivity index (χ2v) is 7.70. The SMILES string of the molecule is O=S(=O)(c1ccc(Oc2ccc(F)c(O)c2)c2c1C(O)C(F)(F)C2)C(F)F. The molecule has 0 radical (unpaired) electrons. The number of phenols is 1. The zero-order chi connectivity index (χ0) is 20.1. The van der Waals surface area contributed by atoms with Gasteiger partial charge in [-0.2, -0.15) is 8.78 Å². The summed E-state index contributed by atoms with van der Waals surface area (Å²) in [6.07, 6.45) is -3.78. The molecule has 0 saturated heterocycles. The van der Waals surface area contributed by atoms with Crippen LogP contribution >= 0.6 is 0 Å². The fourth-order valence-electron chi connectivity index (χ4n) is 2.77. The Balaban J connectivity index is 2.15. The van der Waals surface area contributed by atoms with Crippen LogP contribution < -0.4 is 4.74 Å². The number of aliphatic hydroxyl groups is 1. The lowest BCUT2D eigenvalue weighted by Gasteiger charge is -2.16. The lowest BCUT2D eigenvalue weighted by molar-refractivity contribution is -0.0976. The van der Waals surface area contributed by atoms with Crippen molar-refractivity contribution in [2.75, 3.05) is 0 Å². The van der Waals surface area contributed by atoms with E-state index in [0.717, 1.165) is 24.3 Å². The molecule has 0 fully saturated rings. The van der Waals surface area contributed by atoms with E-state index in [9.17, 15) is 40.6 Å². The molecule has 27 heavy (non-hydrogen) atoms. The van der Waals surface area contributed by atoms with Crippen LogP contribution in [0.25, 0.3) is 0 Å². The summed E-state index contributed by atoms with van der Waals surface area (Å²) in [5.74, 6) is -9.95. The van der Waals surface area contributed by atoms with Crippen LogP contribution in [0.2, 0.25) is 0 Å². The number of phenolic OH excluding ortho intramolecular Hbond substituents is 1. The summed E-state index contributed by atoms with van der Waals surface area (Å²) in [4.78, 5) is -1.12. The second kappa shape index (κ2) is 6.34. The molecule has 0 saturated carbocycles. The minimum absolute atomic E-state index is 0.176. The van der Waals surface area contributed by atoms with Gasteiger partial charge in [-0.05, 0) is 24.3 Å². The average molecular weight is 410 g/mol. The first-order valence-corrected chi connectivity index (χ1v) is 8.90. The number of aliphatic hydroxyl groups excluding tert-OH is 1. The maximum absolute atomic E-state index is 14.0. The summed E-state index contributed by atoms with van der Waals surface area (Å²) in [6.45, 7) is 0. The predicted octanol–water partition coefficient (Wildman–Crippen LogP) is 3.54. The van der Waals surface area contributed by atoms with Crippen LogP contribution in [-0.2, 0) is 16.3 Å². The molecule has 1 atom stereocenters. The lowest BCUT2D eigenvalue weighted by Crippen LogP contribution is -2.23. The monoisotopic (exact) mass is 410 g/mol. The molecule has 5 nitrogen and oxygen atoms in total. The highest BCUT2D eigenvalue weighted by Gasteiger charge is 2.51. The summed E-state index contributed by atoms with van der Waals surface area (Å²) in [5, 5.41) is 19.1. The van der Waals surface area contributed by atoms with Gasteiger partial charge in [0.1, 0.15) is 17.6 Å². The summed E-state index contributed by atoms with van der Waals surface area (Å²) in [6, 6.07) is 4.25. The van der Waals surface area contributed by atoms with Gasteiger partial charge in [-0.3, -0.25) is 0 Å². The van der Waals surface area contributed by atoms with E-state index in [1.54, 1.807) is 0 Å². The van der Waals surface area contributed by atoms with Crippen molar-refractivity contribution in [1.29, 1.82) is 0 Å². The van der Waals surface area contributed by atoms with Gasteiger partial charge in [-0.15, -0.1) is 0 Å². The summed E-state index contributed by atoms with van der Waals surface area (Å²) >= 11 is 0. The van der Waals surface area contributed by atoms with E-state index >= 15 is 0 Å². The Morgan fingerprint density at radius 1 is 1.19 bits per heavy atom. The van der Waals surface area contributed by atoms with Gasteiger partial charge in [-0.1, -0.05) is 0 Å². The molecule has 11 heteroatoms. The van der Waals surface area contributed by atoms with Crippen molar-refractivity contribution in [1.82, 2.24) is 0 Å². The van der Waals surface area contributed by atoms with Gasteiger partial charge < -0.3 is 14.9 Å². The molecule has 0 spiro atoms. The highest BCUT2D eigenvalue weighted by Crippen LogP contribution is 2.50. The molecule has 1 unspecified atom stereocenters. The standard InChI is InChI=1S/C16H11F5O5S/c17-9-2-1-7(5-10(9)22)26-11-3-4-12(27(24,25)15(18)19)13-8(11)6-16(20,21)14(13)23/h1-5,14-15,22-23H,6H2. The summed E-state index contributed by atoms with van der Waals surface area (Å²) in [5.41, 5.74) is -1.35. The molecule has 146 valence electrons. The Bertz CT molecular complexity index is 1010. The van der Waals surface area contributed by atoms with Crippen LogP contribution in [0.1, 0.15) is 17.2 Å². The van der Waals surface area contributed by atoms with Crippen molar-refractivity contribution in [2.24, 2.45) is 0 Å². The Morgan fingerprint density at radius 3 is 2.44 bits per heavy atom. The molecule has 0 bridgehead atoms. The van der Waals surface area contributed by atoms with E-state index in [1.165, 1.54) is 0 Å². The number of ether oxygens (including phenoxy) is 1. The number of hydrogen-bond acceptors (Lipinski definition) is 5. The van der Waals surface area contributed by atoms with E-state index < -0.39 is 61.6 Å². The minimum Gasteiger partial charge on any atom is -0.505 e. The molecule has 0 amide bonds. The van der Waals surface area contributed by atoms with Gasteiger partial charge in [0.15, 0.2) is 11.6 Å². The Hall–Kier alpha value is -2.40. The van der Waals surface area contributed by atoms with Crippen molar-refractivity contribution in [2.45, 2.75) is 29.1 Å². The van der Waals surface area contributed by atoms with Gasteiger partial charge >= 0.3 is 5.76 Å². The van der Waals surface area contributed by atoms with Gasteiger partial charge in [0.25, 0.3) is 5.92 Å². The van der Waals surface area contributed by atoms with Crippen molar-refractivity contribution in [3.8, 4) is 17.2 Å². The lowest BCUT2D eigenvalue weighted by atomic mass is 10.1. The fourth-order valence-corrected chi connectivity index (χ4v) is 3.76. The third-order valence-electron chi connectivity index (χ3n) is 4.05. The number of hydrogen-bond donors (Lipinski definition) is 2. The van der Waals surface area contributed by atoms with Gasteiger partial charge in [-0.25, -0.2) is 21.6 Å². The van der Waals surface area contributed by atoms with E-state index in [1.807, 2.05) is 0 Å². The number of sulfone groups is 1. The van der Waals surface area contributed by atoms with Gasteiger partial charge in [0.2, 0.25) is 9.84 Å². The topological polar surface area (TPSA) is 83.8 Å². The molecule has 3 rings (SSSR count). The van der Waals surface area contributed by atoms with Crippen LogP contribution in [0.15, 0.2) is 35.2 Å². The molecule has 1 aliphatic rings. The normalized spacial score (nSPS) is 18.6. The average Bonchev–Trinajstić information content (AvgIpc) is 2.82. The first kappa shape index (κ1) is 19.4. The van der Waals surface area contributed by atoms with Crippen LogP contribution in [0.4, 0.5) is 22.0 Å². The van der Waals surface area contributed by atoms with Gasteiger partial charge in [0, 0.05) is 23.6 Å². The number of benzene rings is 2. The second-order valence-electron chi connectivity index (χ2n) is 5.82. The summed E-state index contributed by atoms with van der Waals surface area (Å²) in [7, 11) is -5.26. The van der Waals surface area contributed by atoms with E-state index in [4.69, 9.17) is 4.74 Å². The Morgan fingerprint density at radius 2 is 1.85 bits per heavy atom. The first-order chi connectivity index (χ1) is 12.4. The van der Waals surface area contributed by atoms with Crippen molar-refractivity contribution < 1.29 is 45.3 Å². The van der Waals surface area contributed by atoms with Crippen molar-refractivity contribution >= 4 is 9.84 Å². The largest absolute Gasteiger partial charge is 0.505 e.